The lowest BCUT2D eigenvalue weighted by Crippen LogP contribution is -2.38. The topological polar surface area (TPSA) is 70.1 Å². The number of phenols is 1. The number of phenolic OH excluding ortho intramolecular Hbond substituents is 1. The molecule has 0 spiro atoms. The molecule has 0 unspecified atom stereocenters. The van der Waals surface area contributed by atoms with Gasteiger partial charge in [0.1, 0.15) is 11.6 Å². The Balaban J connectivity index is 1.79. The monoisotopic (exact) mass is 298 g/mol. The maximum absolute atomic E-state index is 10.2. The van der Waals surface area contributed by atoms with Crippen LogP contribution in [0.3, 0.4) is 0 Å². The Bertz CT molecular complexity index is 625. The number of nitrogens with one attached hydrogen (secondary N) is 2. The second-order valence-electron chi connectivity index (χ2n) is 5.97. The highest BCUT2D eigenvalue weighted by molar-refractivity contribution is 5.71. The summed E-state index contributed by atoms with van der Waals surface area (Å²) in [5, 5.41) is 25.5. The first kappa shape index (κ1) is 14.8. The van der Waals surface area contributed by atoms with Crippen molar-refractivity contribution in [3.05, 3.63) is 35.4 Å². The van der Waals surface area contributed by atoms with Gasteiger partial charge in [0.2, 0.25) is 0 Å². The van der Waals surface area contributed by atoms with Gasteiger partial charge in [0.15, 0.2) is 0 Å². The van der Waals surface area contributed by atoms with Crippen LogP contribution in [0.2, 0.25) is 0 Å². The van der Waals surface area contributed by atoms with Crippen LogP contribution < -0.4 is 10.6 Å². The zero-order valence-electron chi connectivity index (χ0n) is 13.1. The van der Waals surface area contributed by atoms with Gasteiger partial charge in [0, 0.05) is 18.2 Å². The lowest BCUT2D eigenvalue weighted by molar-refractivity contribution is 0.476. The Hall–Kier alpha value is -2.14. The fraction of sp³-hybridized carbons (Fsp3) is 0.412. The van der Waals surface area contributed by atoms with E-state index in [1.54, 1.807) is 6.07 Å². The number of benzene rings is 1. The SMILES string of the molecule is Cc1cc(C)c(-c2ccc(N[C@@H]3CCCNC3)nn2)c(O)c1. The largest absolute Gasteiger partial charge is 0.507 e. The van der Waals surface area contributed by atoms with Crippen LogP contribution in [0, 0.1) is 13.8 Å². The maximum atomic E-state index is 10.2. The van der Waals surface area contributed by atoms with Gasteiger partial charge in [-0.25, -0.2) is 0 Å². The van der Waals surface area contributed by atoms with Crippen LogP contribution in [0.15, 0.2) is 24.3 Å². The van der Waals surface area contributed by atoms with Crippen molar-refractivity contribution in [3.8, 4) is 17.0 Å². The summed E-state index contributed by atoms with van der Waals surface area (Å²) in [5.74, 6) is 1.03. The summed E-state index contributed by atoms with van der Waals surface area (Å²) in [6.45, 7) is 5.99. The molecule has 0 amide bonds. The lowest BCUT2D eigenvalue weighted by Gasteiger charge is -2.24. The van der Waals surface area contributed by atoms with E-state index in [-0.39, 0.29) is 5.75 Å². The average Bonchev–Trinajstić information content (AvgIpc) is 2.49. The minimum Gasteiger partial charge on any atom is -0.507 e. The molecule has 0 radical (unpaired) electrons. The van der Waals surface area contributed by atoms with Crippen molar-refractivity contribution in [2.75, 3.05) is 18.4 Å². The molecule has 3 rings (SSSR count). The Morgan fingerprint density at radius 3 is 2.73 bits per heavy atom. The van der Waals surface area contributed by atoms with E-state index in [9.17, 15) is 5.11 Å². The third kappa shape index (κ3) is 3.20. The molecule has 0 bridgehead atoms. The van der Waals surface area contributed by atoms with Crippen LogP contribution >= 0.6 is 0 Å². The summed E-state index contributed by atoms with van der Waals surface area (Å²) >= 11 is 0. The Kier molecular flexibility index (Phi) is 4.24. The van der Waals surface area contributed by atoms with Crippen molar-refractivity contribution >= 4 is 5.82 Å². The summed E-state index contributed by atoms with van der Waals surface area (Å²) < 4.78 is 0. The molecule has 1 saturated heterocycles. The molecular formula is C17H22N4O. The number of aromatic hydroxyl groups is 1. The Labute approximate surface area is 130 Å². The molecule has 1 aliphatic heterocycles. The number of hydrogen-bond donors (Lipinski definition) is 3. The van der Waals surface area contributed by atoms with Crippen LogP contribution in [0.5, 0.6) is 5.75 Å². The first-order valence-electron chi connectivity index (χ1n) is 7.75. The normalized spacial score (nSPS) is 18.2. The van der Waals surface area contributed by atoms with E-state index in [4.69, 9.17) is 0 Å². The second-order valence-corrected chi connectivity index (χ2v) is 5.97. The van der Waals surface area contributed by atoms with Gasteiger partial charge in [-0.2, -0.15) is 0 Å². The van der Waals surface area contributed by atoms with Crippen LogP contribution in [-0.4, -0.2) is 34.4 Å². The second kappa shape index (κ2) is 6.32. The zero-order chi connectivity index (χ0) is 15.5. The molecule has 2 aromatic rings. The average molecular weight is 298 g/mol. The smallest absolute Gasteiger partial charge is 0.148 e. The molecule has 22 heavy (non-hydrogen) atoms. The quantitative estimate of drug-likeness (QED) is 0.812. The van der Waals surface area contributed by atoms with Gasteiger partial charge in [-0.05, 0) is 62.6 Å². The summed E-state index contributed by atoms with van der Waals surface area (Å²) in [4.78, 5) is 0. The molecular weight excluding hydrogens is 276 g/mol. The van der Waals surface area contributed by atoms with Crippen LogP contribution in [-0.2, 0) is 0 Å². The number of anilines is 1. The van der Waals surface area contributed by atoms with E-state index < -0.39 is 0 Å². The van der Waals surface area contributed by atoms with Gasteiger partial charge < -0.3 is 15.7 Å². The van der Waals surface area contributed by atoms with E-state index in [0.29, 0.717) is 11.7 Å². The van der Waals surface area contributed by atoms with Gasteiger partial charge >= 0.3 is 0 Å². The predicted octanol–water partition coefficient (Wildman–Crippen LogP) is 2.63. The van der Waals surface area contributed by atoms with E-state index >= 15 is 0 Å². The fourth-order valence-corrected chi connectivity index (χ4v) is 3.01. The molecule has 1 aromatic heterocycles. The molecule has 1 aromatic carbocycles. The highest BCUT2D eigenvalue weighted by atomic mass is 16.3. The zero-order valence-corrected chi connectivity index (χ0v) is 13.1. The van der Waals surface area contributed by atoms with E-state index in [1.165, 1.54) is 6.42 Å². The molecule has 1 fully saturated rings. The van der Waals surface area contributed by atoms with Crippen molar-refractivity contribution in [2.24, 2.45) is 0 Å². The third-order valence-corrected chi connectivity index (χ3v) is 4.03. The van der Waals surface area contributed by atoms with E-state index in [2.05, 4.69) is 20.8 Å². The molecule has 0 saturated carbocycles. The Morgan fingerprint density at radius 1 is 1.23 bits per heavy atom. The molecule has 1 atom stereocenters. The maximum Gasteiger partial charge on any atom is 0.148 e. The number of rotatable bonds is 3. The van der Waals surface area contributed by atoms with Crippen molar-refractivity contribution in [1.82, 2.24) is 15.5 Å². The summed E-state index contributed by atoms with van der Waals surface area (Å²) in [5.41, 5.74) is 3.49. The fourth-order valence-electron chi connectivity index (χ4n) is 3.01. The highest BCUT2D eigenvalue weighted by Crippen LogP contribution is 2.32. The van der Waals surface area contributed by atoms with E-state index in [1.807, 2.05) is 32.0 Å². The van der Waals surface area contributed by atoms with Gasteiger partial charge in [0.05, 0.1) is 5.69 Å². The summed E-state index contributed by atoms with van der Waals surface area (Å²) in [7, 11) is 0. The number of aromatic nitrogens is 2. The molecule has 2 heterocycles. The predicted molar refractivity (Wildman–Crippen MR) is 88.1 cm³/mol. The third-order valence-electron chi connectivity index (χ3n) is 4.03. The molecule has 116 valence electrons. The van der Waals surface area contributed by atoms with Crippen LogP contribution in [0.1, 0.15) is 24.0 Å². The minimum atomic E-state index is 0.254. The van der Waals surface area contributed by atoms with Gasteiger partial charge in [-0.3, -0.25) is 0 Å². The van der Waals surface area contributed by atoms with Gasteiger partial charge in [-0.1, -0.05) is 6.07 Å². The van der Waals surface area contributed by atoms with Crippen LogP contribution in [0.4, 0.5) is 5.82 Å². The molecule has 5 nitrogen and oxygen atoms in total. The number of hydrogen-bond acceptors (Lipinski definition) is 5. The van der Waals surface area contributed by atoms with Crippen molar-refractivity contribution in [2.45, 2.75) is 32.7 Å². The minimum absolute atomic E-state index is 0.254. The van der Waals surface area contributed by atoms with Crippen molar-refractivity contribution in [1.29, 1.82) is 0 Å². The highest BCUT2D eigenvalue weighted by Gasteiger charge is 2.14. The number of piperidine rings is 1. The molecule has 0 aliphatic carbocycles. The van der Waals surface area contributed by atoms with E-state index in [0.717, 1.165) is 42.0 Å². The first-order valence-corrected chi connectivity index (χ1v) is 7.75. The first-order chi connectivity index (χ1) is 10.6. The molecule has 1 aliphatic rings. The molecule has 3 N–H and O–H groups in total. The van der Waals surface area contributed by atoms with Crippen molar-refractivity contribution < 1.29 is 5.11 Å². The van der Waals surface area contributed by atoms with Gasteiger partial charge in [-0.15, -0.1) is 10.2 Å². The molecule has 5 heteroatoms. The number of nitrogens with zero attached hydrogens (tertiary/aromatic N) is 2. The van der Waals surface area contributed by atoms with Gasteiger partial charge in [0.25, 0.3) is 0 Å². The van der Waals surface area contributed by atoms with Crippen LogP contribution in [0.25, 0.3) is 11.3 Å². The van der Waals surface area contributed by atoms with Crippen molar-refractivity contribution in [3.63, 3.8) is 0 Å². The lowest BCUT2D eigenvalue weighted by atomic mass is 10.0. The summed E-state index contributed by atoms with van der Waals surface area (Å²) in [6, 6.07) is 8.03. The summed E-state index contributed by atoms with van der Waals surface area (Å²) in [6.07, 6.45) is 2.33. The Morgan fingerprint density at radius 2 is 2.09 bits per heavy atom. The number of aryl methyl sites for hydroxylation is 2. The standard InChI is InChI=1S/C17H22N4O/c1-11-8-12(2)17(15(22)9-11)14-5-6-16(21-20-14)19-13-4-3-7-18-10-13/h5-6,8-9,13,18,22H,3-4,7,10H2,1-2H3,(H,19,21)/t13-/m1/s1.